The monoisotopic (exact) mass is 454 g/mol. The van der Waals surface area contributed by atoms with E-state index in [2.05, 4.69) is 33.9 Å². The highest BCUT2D eigenvalue weighted by atomic mass is 32.1. The molecule has 168 valence electrons. The lowest BCUT2D eigenvalue weighted by Gasteiger charge is -2.38. The standard InChI is InChI=1S/C24H27FN4O2S/c1-16(2)28-10-12-29(13-11-28)19-7-4-17(5-8-19)23(30)27-24-26-21(15-32-24)18-6-9-22(31-3)20(25)14-18/h4-9,14-16H,10-13H2,1-3H3,(H,26,27,30). The number of ether oxygens (including phenoxy) is 1. The molecular weight excluding hydrogens is 427 g/mol. The van der Waals surface area contributed by atoms with Crippen molar-refractivity contribution >= 4 is 28.1 Å². The molecule has 0 atom stereocenters. The van der Waals surface area contributed by atoms with Crippen LogP contribution in [0.3, 0.4) is 0 Å². The number of amides is 1. The van der Waals surface area contributed by atoms with Crippen LogP contribution in [0.4, 0.5) is 15.2 Å². The Kier molecular flexibility index (Phi) is 6.72. The van der Waals surface area contributed by atoms with E-state index in [0.717, 1.165) is 31.9 Å². The second-order valence-electron chi connectivity index (χ2n) is 8.00. The van der Waals surface area contributed by atoms with E-state index >= 15 is 0 Å². The summed E-state index contributed by atoms with van der Waals surface area (Å²) in [7, 11) is 1.42. The number of carbonyl (C=O) groups excluding carboxylic acids is 1. The summed E-state index contributed by atoms with van der Waals surface area (Å²) in [6.45, 7) is 8.51. The second-order valence-corrected chi connectivity index (χ2v) is 8.86. The van der Waals surface area contributed by atoms with Crippen molar-refractivity contribution in [1.82, 2.24) is 9.88 Å². The maximum absolute atomic E-state index is 14.0. The van der Waals surface area contributed by atoms with Gasteiger partial charge in [0.15, 0.2) is 16.7 Å². The number of nitrogens with zero attached hydrogens (tertiary/aromatic N) is 3. The zero-order valence-corrected chi connectivity index (χ0v) is 19.3. The largest absolute Gasteiger partial charge is 0.494 e. The molecule has 0 bridgehead atoms. The van der Waals surface area contributed by atoms with Crippen LogP contribution in [0, 0.1) is 5.82 Å². The number of nitrogens with one attached hydrogen (secondary N) is 1. The van der Waals surface area contributed by atoms with E-state index in [0.29, 0.717) is 28.0 Å². The highest BCUT2D eigenvalue weighted by Gasteiger charge is 2.19. The number of hydrogen-bond donors (Lipinski definition) is 1. The number of piperazine rings is 1. The second kappa shape index (κ2) is 9.67. The van der Waals surface area contributed by atoms with Crippen LogP contribution in [0.15, 0.2) is 47.8 Å². The predicted molar refractivity (Wildman–Crippen MR) is 127 cm³/mol. The quantitative estimate of drug-likeness (QED) is 0.583. The van der Waals surface area contributed by atoms with E-state index in [1.807, 2.05) is 24.3 Å². The summed E-state index contributed by atoms with van der Waals surface area (Å²) in [6.07, 6.45) is 0. The summed E-state index contributed by atoms with van der Waals surface area (Å²) < 4.78 is 18.9. The molecule has 0 spiro atoms. The van der Waals surface area contributed by atoms with Crippen molar-refractivity contribution in [3.63, 3.8) is 0 Å². The van der Waals surface area contributed by atoms with Gasteiger partial charge in [0, 0.05) is 54.4 Å². The molecule has 1 fully saturated rings. The Bertz CT molecular complexity index is 1080. The Morgan fingerprint density at radius 3 is 2.47 bits per heavy atom. The first-order chi connectivity index (χ1) is 15.4. The predicted octanol–water partition coefficient (Wildman–Crippen LogP) is 4.74. The number of rotatable bonds is 6. The Labute approximate surface area is 191 Å². The minimum Gasteiger partial charge on any atom is -0.494 e. The fraction of sp³-hybridized carbons (Fsp3) is 0.333. The van der Waals surface area contributed by atoms with Crippen LogP contribution in [0.5, 0.6) is 5.75 Å². The third-order valence-corrected chi connectivity index (χ3v) is 6.47. The average molecular weight is 455 g/mol. The normalized spacial score (nSPS) is 14.6. The maximum Gasteiger partial charge on any atom is 0.257 e. The molecule has 1 aliphatic heterocycles. The van der Waals surface area contributed by atoms with Gasteiger partial charge in [-0.05, 0) is 56.3 Å². The molecule has 4 rings (SSSR count). The molecule has 0 unspecified atom stereocenters. The SMILES string of the molecule is COc1ccc(-c2csc(NC(=O)c3ccc(N4CCN(C(C)C)CC4)cc3)n2)cc1F. The smallest absolute Gasteiger partial charge is 0.257 e. The molecule has 0 aliphatic carbocycles. The molecule has 0 radical (unpaired) electrons. The molecule has 1 amide bonds. The van der Waals surface area contributed by atoms with Crippen molar-refractivity contribution in [3.05, 3.63) is 59.2 Å². The lowest BCUT2D eigenvalue weighted by molar-refractivity contribution is 0.102. The molecule has 1 aliphatic rings. The van der Waals surface area contributed by atoms with Gasteiger partial charge in [-0.25, -0.2) is 9.37 Å². The fourth-order valence-corrected chi connectivity index (χ4v) is 4.49. The topological polar surface area (TPSA) is 57.7 Å². The molecular formula is C24H27FN4O2S. The van der Waals surface area contributed by atoms with E-state index in [4.69, 9.17) is 4.74 Å². The first-order valence-electron chi connectivity index (χ1n) is 10.6. The van der Waals surface area contributed by atoms with Gasteiger partial charge in [-0.3, -0.25) is 15.0 Å². The van der Waals surface area contributed by atoms with E-state index in [1.165, 1.54) is 24.5 Å². The summed E-state index contributed by atoms with van der Waals surface area (Å²) in [5.74, 6) is -0.486. The summed E-state index contributed by atoms with van der Waals surface area (Å²) in [6, 6.07) is 12.9. The summed E-state index contributed by atoms with van der Waals surface area (Å²) >= 11 is 1.30. The van der Waals surface area contributed by atoms with Gasteiger partial charge < -0.3 is 9.64 Å². The van der Waals surface area contributed by atoms with Gasteiger partial charge in [-0.1, -0.05) is 0 Å². The highest BCUT2D eigenvalue weighted by Crippen LogP contribution is 2.28. The van der Waals surface area contributed by atoms with Crippen molar-refractivity contribution in [1.29, 1.82) is 0 Å². The number of hydrogen-bond acceptors (Lipinski definition) is 6. The van der Waals surface area contributed by atoms with Gasteiger partial charge in [-0.15, -0.1) is 11.3 Å². The molecule has 1 aromatic heterocycles. The summed E-state index contributed by atoms with van der Waals surface area (Å²) in [5, 5.41) is 5.09. The van der Waals surface area contributed by atoms with Crippen molar-refractivity contribution in [2.75, 3.05) is 43.5 Å². The third kappa shape index (κ3) is 4.92. The average Bonchev–Trinajstić information content (AvgIpc) is 3.27. The van der Waals surface area contributed by atoms with E-state index in [9.17, 15) is 9.18 Å². The van der Waals surface area contributed by atoms with E-state index in [-0.39, 0.29) is 11.7 Å². The summed E-state index contributed by atoms with van der Waals surface area (Å²) in [4.78, 5) is 21.9. The van der Waals surface area contributed by atoms with E-state index in [1.54, 1.807) is 17.5 Å². The fourth-order valence-electron chi connectivity index (χ4n) is 3.78. The van der Waals surface area contributed by atoms with Crippen LogP contribution in [0.1, 0.15) is 24.2 Å². The van der Waals surface area contributed by atoms with Gasteiger partial charge in [0.25, 0.3) is 5.91 Å². The Morgan fingerprint density at radius 2 is 1.84 bits per heavy atom. The minimum atomic E-state index is -0.450. The molecule has 1 saturated heterocycles. The van der Waals surface area contributed by atoms with Crippen molar-refractivity contribution in [3.8, 4) is 17.0 Å². The molecule has 2 heterocycles. The number of aromatic nitrogens is 1. The van der Waals surface area contributed by atoms with Gasteiger partial charge in [0.2, 0.25) is 0 Å². The Balaban J connectivity index is 1.38. The lowest BCUT2D eigenvalue weighted by atomic mass is 10.1. The maximum atomic E-state index is 14.0. The molecule has 2 aromatic carbocycles. The number of benzene rings is 2. The first-order valence-corrected chi connectivity index (χ1v) is 11.5. The van der Waals surface area contributed by atoms with Gasteiger partial charge >= 0.3 is 0 Å². The lowest BCUT2D eigenvalue weighted by Crippen LogP contribution is -2.48. The third-order valence-electron chi connectivity index (χ3n) is 5.71. The molecule has 3 aromatic rings. The van der Waals surface area contributed by atoms with Gasteiger partial charge in [0.05, 0.1) is 12.8 Å². The highest BCUT2D eigenvalue weighted by molar-refractivity contribution is 7.14. The van der Waals surface area contributed by atoms with Gasteiger partial charge in [0.1, 0.15) is 0 Å². The van der Waals surface area contributed by atoms with Crippen LogP contribution in [0.2, 0.25) is 0 Å². The van der Waals surface area contributed by atoms with Crippen LogP contribution >= 0.6 is 11.3 Å². The molecule has 32 heavy (non-hydrogen) atoms. The number of halogens is 1. The zero-order valence-electron chi connectivity index (χ0n) is 18.5. The molecule has 6 nitrogen and oxygen atoms in total. The summed E-state index contributed by atoms with van der Waals surface area (Å²) in [5.41, 5.74) is 2.93. The minimum absolute atomic E-state index is 0.183. The van der Waals surface area contributed by atoms with Gasteiger partial charge in [-0.2, -0.15) is 0 Å². The van der Waals surface area contributed by atoms with Crippen molar-refractivity contribution in [2.45, 2.75) is 19.9 Å². The number of methoxy groups -OCH3 is 1. The van der Waals surface area contributed by atoms with E-state index < -0.39 is 5.82 Å². The van der Waals surface area contributed by atoms with Crippen molar-refractivity contribution in [2.24, 2.45) is 0 Å². The van der Waals surface area contributed by atoms with Crippen LogP contribution in [-0.4, -0.2) is 55.1 Å². The number of carbonyl (C=O) groups is 1. The van der Waals surface area contributed by atoms with Crippen LogP contribution < -0.4 is 15.0 Å². The number of thiazole rings is 1. The Morgan fingerprint density at radius 1 is 1.12 bits per heavy atom. The molecule has 1 N–H and O–H groups in total. The zero-order chi connectivity index (χ0) is 22.7. The van der Waals surface area contributed by atoms with Crippen LogP contribution in [0.25, 0.3) is 11.3 Å². The molecule has 0 saturated carbocycles. The van der Waals surface area contributed by atoms with Crippen molar-refractivity contribution < 1.29 is 13.9 Å². The number of anilines is 2. The first kappa shape index (κ1) is 22.2. The molecule has 8 heteroatoms. The Hall–Kier alpha value is -2.97. The van der Waals surface area contributed by atoms with Crippen LogP contribution in [-0.2, 0) is 0 Å².